The molecule has 2 rings (SSSR count). The molecule has 1 saturated carbocycles. The summed E-state index contributed by atoms with van der Waals surface area (Å²) >= 11 is 7.61. The van der Waals surface area contributed by atoms with Gasteiger partial charge in [0.05, 0.1) is 5.69 Å². The lowest BCUT2D eigenvalue weighted by atomic mass is 10.0. The van der Waals surface area contributed by atoms with Crippen LogP contribution < -0.4 is 5.32 Å². The van der Waals surface area contributed by atoms with Crippen LogP contribution in [0.3, 0.4) is 0 Å². The highest BCUT2D eigenvalue weighted by atomic mass is 35.5. The van der Waals surface area contributed by atoms with Gasteiger partial charge in [0.1, 0.15) is 5.01 Å². The molecule has 0 aliphatic heterocycles. The van der Waals surface area contributed by atoms with E-state index in [1.54, 1.807) is 11.3 Å². The van der Waals surface area contributed by atoms with Gasteiger partial charge in [0, 0.05) is 23.8 Å². The zero-order valence-corrected chi connectivity index (χ0v) is 11.5. The van der Waals surface area contributed by atoms with E-state index in [2.05, 4.69) is 24.1 Å². The first-order valence-electron chi connectivity index (χ1n) is 5.85. The lowest BCUT2D eigenvalue weighted by Gasteiger charge is -2.13. The summed E-state index contributed by atoms with van der Waals surface area (Å²) in [4.78, 5) is 5.86. The number of rotatable bonds is 6. The van der Waals surface area contributed by atoms with E-state index in [-0.39, 0.29) is 0 Å². The van der Waals surface area contributed by atoms with Crippen LogP contribution in [0.15, 0.2) is 0 Å². The monoisotopic (exact) mass is 258 g/mol. The second-order valence-corrected chi connectivity index (χ2v) is 6.46. The predicted molar refractivity (Wildman–Crippen MR) is 70.3 cm³/mol. The fraction of sp³-hybridized carbons (Fsp3) is 0.750. The summed E-state index contributed by atoms with van der Waals surface area (Å²) < 4.78 is 0. The third-order valence-electron chi connectivity index (χ3n) is 3.43. The van der Waals surface area contributed by atoms with Crippen molar-refractivity contribution in [3.8, 4) is 0 Å². The van der Waals surface area contributed by atoms with Gasteiger partial charge in [0.25, 0.3) is 0 Å². The van der Waals surface area contributed by atoms with E-state index in [1.807, 2.05) is 0 Å². The van der Waals surface area contributed by atoms with E-state index in [1.165, 1.54) is 28.4 Å². The Morgan fingerprint density at radius 3 is 2.69 bits per heavy atom. The maximum atomic E-state index is 5.81. The van der Waals surface area contributed by atoms with Crippen LogP contribution >= 0.6 is 22.9 Å². The van der Waals surface area contributed by atoms with Gasteiger partial charge in [-0.15, -0.1) is 22.9 Å². The molecule has 0 aromatic carbocycles. The molecule has 0 spiro atoms. The molecule has 1 heterocycles. The first-order chi connectivity index (χ1) is 7.65. The van der Waals surface area contributed by atoms with Gasteiger partial charge in [-0.25, -0.2) is 4.98 Å². The molecular weight excluding hydrogens is 240 g/mol. The normalized spacial score (nSPS) is 17.7. The van der Waals surface area contributed by atoms with Crippen molar-refractivity contribution in [3.05, 3.63) is 15.6 Å². The first kappa shape index (κ1) is 12.3. The zero-order valence-electron chi connectivity index (χ0n) is 9.98. The van der Waals surface area contributed by atoms with Crippen molar-refractivity contribution in [3.63, 3.8) is 0 Å². The van der Waals surface area contributed by atoms with E-state index in [4.69, 9.17) is 11.6 Å². The molecule has 1 fully saturated rings. The number of hydrogen-bond acceptors (Lipinski definition) is 3. The maximum absolute atomic E-state index is 5.81. The molecule has 90 valence electrons. The SMILES string of the molecule is Cc1nc(CNCC2(CCCl)CC2)sc1C. The number of hydrogen-bond donors (Lipinski definition) is 1. The van der Waals surface area contributed by atoms with Gasteiger partial charge in [-0.1, -0.05) is 0 Å². The van der Waals surface area contributed by atoms with E-state index < -0.39 is 0 Å². The molecule has 0 unspecified atom stereocenters. The zero-order chi connectivity index (χ0) is 11.6. The Bertz CT molecular complexity index is 338. The Labute approximate surface area is 106 Å². The number of thiazole rings is 1. The maximum Gasteiger partial charge on any atom is 0.107 e. The summed E-state index contributed by atoms with van der Waals surface area (Å²) in [5, 5.41) is 4.72. The summed E-state index contributed by atoms with van der Waals surface area (Å²) in [5.74, 6) is 0.789. The molecule has 1 aliphatic carbocycles. The van der Waals surface area contributed by atoms with Crippen molar-refractivity contribution in [1.29, 1.82) is 0 Å². The van der Waals surface area contributed by atoms with Gasteiger partial charge in [0.2, 0.25) is 0 Å². The third kappa shape index (κ3) is 2.96. The summed E-state index contributed by atoms with van der Waals surface area (Å²) in [6.45, 7) is 6.21. The molecule has 1 aliphatic rings. The summed E-state index contributed by atoms with van der Waals surface area (Å²) in [6.07, 6.45) is 3.82. The molecule has 4 heteroatoms. The van der Waals surface area contributed by atoms with Crippen LogP contribution in [0.25, 0.3) is 0 Å². The molecule has 0 radical (unpaired) electrons. The Hall–Kier alpha value is -0.120. The number of nitrogens with zero attached hydrogens (tertiary/aromatic N) is 1. The van der Waals surface area contributed by atoms with E-state index in [9.17, 15) is 0 Å². The van der Waals surface area contributed by atoms with Gasteiger partial charge < -0.3 is 5.32 Å². The number of halogens is 1. The lowest BCUT2D eigenvalue weighted by molar-refractivity contribution is 0.445. The summed E-state index contributed by atoms with van der Waals surface area (Å²) in [5.41, 5.74) is 1.69. The quantitative estimate of drug-likeness (QED) is 0.793. The van der Waals surface area contributed by atoms with Crippen LogP contribution in [-0.2, 0) is 6.54 Å². The van der Waals surface area contributed by atoms with Crippen LogP contribution in [0, 0.1) is 19.3 Å². The van der Waals surface area contributed by atoms with E-state index in [0.29, 0.717) is 5.41 Å². The molecule has 0 saturated heterocycles. The predicted octanol–water partition coefficient (Wildman–Crippen LogP) is 3.26. The number of aryl methyl sites for hydroxylation is 2. The van der Waals surface area contributed by atoms with Crippen molar-refractivity contribution >= 4 is 22.9 Å². The molecule has 1 N–H and O–H groups in total. The van der Waals surface area contributed by atoms with Gasteiger partial charge in [-0.3, -0.25) is 0 Å². The first-order valence-corrected chi connectivity index (χ1v) is 7.20. The van der Waals surface area contributed by atoms with Gasteiger partial charge in [-0.05, 0) is 38.5 Å². The fourth-order valence-electron chi connectivity index (χ4n) is 1.94. The number of aromatic nitrogens is 1. The largest absolute Gasteiger partial charge is 0.310 e. The Morgan fingerprint density at radius 1 is 1.44 bits per heavy atom. The van der Waals surface area contributed by atoms with E-state index in [0.717, 1.165) is 25.4 Å². The van der Waals surface area contributed by atoms with Crippen molar-refractivity contribution in [2.75, 3.05) is 12.4 Å². The average Bonchev–Trinajstić information content (AvgIpc) is 2.91. The molecular formula is C12H19ClN2S. The summed E-state index contributed by atoms with van der Waals surface area (Å²) in [6, 6.07) is 0. The number of alkyl halides is 1. The van der Waals surface area contributed by atoms with Crippen molar-refractivity contribution in [2.45, 2.75) is 39.7 Å². The fourth-order valence-corrected chi connectivity index (χ4v) is 3.25. The molecule has 2 nitrogen and oxygen atoms in total. The summed E-state index contributed by atoms with van der Waals surface area (Å²) in [7, 11) is 0. The Kier molecular flexibility index (Phi) is 3.88. The third-order valence-corrected chi connectivity index (χ3v) is 4.69. The van der Waals surface area contributed by atoms with Crippen LogP contribution in [0.2, 0.25) is 0 Å². The minimum absolute atomic E-state index is 0.517. The van der Waals surface area contributed by atoms with Crippen molar-refractivity contribution in [2.24, 2.45) is 5.41 Å². The van der Waals surface area contributed by atoms with Crippen molar-refractivity contribution in [1.82, 2.24) is 10.3 Å². The van der Waals surface area contributed by atoms with Crippen molar-refractivity contribution < 1.29 is 0 Å². The smallest absolute Gasteiger partial charge is 0.107 e. The highest BCUT2D eigenvalue weighted by molar-refractivity contribution is 7.11. The Balaban J connectivity index is 1.76. The number of nitrogens with one attached hydrogen (secondary N) is 1. The minimum atomic E-state index is 0.517. The minimum Gasteiger partial charge on any atom is -0.310 e. The van der Waals surface area contributed by atoms with Crippen LogP contribution in [0.1, 0.15) is 34.8 Å². The molecule has 1 aromatic heterocycles. The van der Waals surface area contributed by atoms with Crippen LogP contribution in [0.5, 0.6) is 0 Å². The highest BCUT2D eigenvalue weighted by Crippen LogP contribution is 2.48. The highest BCUT2D eigenvalue weighted by Gasteiger charge is 2.41. The standard InChI is InChI=1S/C12H19ClN2S/c1-9-10(2)16-11(15-9)7-14-8-12(3-4-12)5-6-13/h14H,3-8H2,1-2H3. The van der Waals surface area contributed by atoms with E-state index >= 15 is 0 Å². The van der Waals surface area contributed by atoms with Gasteiger partial charge in [0.15, 0.2) is 0 Å². The molecule has 0 amide bonds. The lowest BCUT2D eigenvalue weighted by Crippen LogP contribution is -2.23. The molecule has 1 aromatic rings. The van der Waals surface area contributed by atoms with Crippen LogP contribution in [0.4, 0.5) is 0 Å². The molecule has 16 heavy (non-hydrogen) atoms. The van der Waals surface area contributed by atoms with Crippen LogP contribution in [-0.4, -0.2) is 17.4 Å². The topological polar surface area (TPSA) is 24.9 Å². The van der Waals surface area contributed by atoms with Gasteiger partial charge in [-0.2, -0.15) is 0 Å². The average molecular weight is 259 g/mol. The second-order valence-electron chi connectivity index (χ2n) is 4.79. The molecule has 0 atom stereocenters. The molecule has 0 bridgehead atoms. The van der Waals surface area contributed by atoms with Gasteiger partial charge >= 0.3 is 0 Å². The second kappa shape index (κ2) is 5.03. The Morgan fingerprint density at radius 2 is 2.19 bits per heavy atom.